The first kappa shape index (κ1) is 23.7. The van der Waals surface area contributed by atoms with E-state index in [4.69, 9.17) is 21.8 Å². The van der Waals surface area contributed by atoms with Crippen molar-refractivity contribution in [3.05, 3.63) is 65.3 Å². The zero-order valence-corrected chi connectivity index (χ0v) is 20.5. The molecular formula is C25H20ClN11. The fourth-order valence-electron chi connectivity index (χ4n) is 3.80. The van der Waals surface area contributed by atoms with Gasteiger partial charge in [0.25, 0.3) is 0 Å². The Balaban J connectivity index is 1.40. The zero-order chi connectivity index (χ0) is 25.8. The summed E-state index contributed by atoms with van der Waals surface area (Å²) in [5.74, 6) is 0.377. The third-order valence-corrected chi connectivity index (χ3v) is 5.88. The van der Waals surface area contributed by atoms with Crippen LogP contribution in [0.15, 0.2) is 48.9 Å². The van der Waals surface area contributed by atoms with E-state index in [2.05, 4.69) is 42.0 Å². The molecular weight excluding hydrogens is 490 g/mol. The van der Waals surface area contributed by atoms with Crippen LogP contribution in [0.4, 0.5) is 11.5 Å². The van der Waals surface area contributed by atoms with E-state index >= 15 is 0 Å². The van der Waals surface area contributed by atoms with Crippen LogP contribution in [0.25, 0.3) is 33.5 Å². The molecule has 0 aliphatic rings. The first-order valence-electron chi connectivity index (χ1n) is 11.3. The number of hydrogen-bond donors (Lipinski definition) is 3. The number of fused-ring (bicyclic) bond motifs is 1. The number of benzene rings is 1. The lowest BCUT2D eigenvalue weighted by Crippen LogP contribution is -2.12. The number of aromatic nitrogens is 7. The van der Waals surface area contributed by atoms with Gasteiger partial charge in [-0.15, -0.1) is 0 Å². The zero-order valence-electron chi connectivity index (χ0n) is 19.7. The van der Waals surface area contributed by atoms with Crippen LogP contribution >= 0.6 is 11.6 Å². The van der Waals surface area contributed by atoms with Gasteiger partial charge in [0, 0.05) is 37.3 Å². The lowest BCUT2D eigenvalue weighted by Gasteiger charge is -2.13. The van der Waals surface area contributed by atoms with Gasteiger partial charge >= 0.3 is 0 Å². The molecule has 4 aromatic heterocycles. The number of anilines is 2. The second kappa shape index (κ2) is 10.3. The van der Waals surface area contributed by atoms with E-state index in [0.29, 0.717) is 52.3 Å². The predicted octanol–water partition coefficient (Wildman–Crippen LogP) is 4.13. The Bertz CT molecular complexity index is 1660. The van der Waals surface area contributed by atoms with Crippen molar-refractivity contribution < 1.29 is 0 Å². The molecule has 182 valence electrons. The second-order valence-electron chi connectivity index (χ2n) is 8.15. The average molecular weight is 510 g/mol. The maximum atomic E-state index is 9.85. The molecule has 1 aromatic carbocycles. The Kier molecular flexibility index (Phi) is 6.62. The molecule has 0 bridgehead atoms. The number of halogens is 1. The minimum Gasteiger partial charge on any atom is -0.384 e. The Morgan fingerprint density at radius 2 is 1.89 bits per heavy atom. The number of nitriles is 2. The van der Waals surface area contributed by atoms with Gasteiger partial charge in [0.1, 0.15) is 34.9 Å². The number of nitrogens with one attached hydrogen (secondary N) is 3. The fourth-order valence-corrected chi connectivity index (χ4v) is 4.07. The molecule has 3 N–H and O–H groups in total. The largest absolute Gasteiger partial charge is 0.384 e. The summed E-state index contributed by atoms with van der Waals surface area (Å²) < 4.78 is 1.68. The molecule has 11 nitrogen and oxygen atoms in total. The maximum Gasteiger partial charge on any atom is 0.183 e. The smallest absolute Gasteiger partial charge is 0.183 e. The molecule has 4 heterocycles. The Hall–Kier alpha value is -5.00. The van der Waals surface area contributed by atoms with E-state index < -0.39 is 0 Å². The van der Waals surface area contributed by atoms with Crippen molar-refractivity contribution in [2.75, 3.05) is 23.7 Å². The van der Waals surface area contributed by atoms with Gasteiger partial charge in [-0.05, 0) is 36.8 Å². The standard InChI is InChI=1S/C25H20ClN11/c1-37-8-5-20(36-37)24-23(15-9-16-13-32-35-22(16)19(26)10-15)33-21(12-28)25(34-24)30-7-2-6-29-18-4-3-17(11-27)31-14-18/h3-5,8-10,13-14,29H,2,6-7H2,1H3,(H,30,34)(H,32,35). The summed E-state index contributed by atoms with van der Waals surface area (Å²) in [7, 11) is 1.82. The first-order valence-corrected chi connectivity index (χ1v) is 11.7. The van der Waals surface area contributed by atoms with Crippen LogP contribution in [0.5, 0.6) is 0 Å². The van der Waals surface area contributed by atoms with Crippen molar-refractivity contribution >= 4 is 34.0 Å². The van der Waals surface area contributed by atoms with Crippen LogP contribution in [-0.4, -0.2) is 48.0 Å². The molecule has 0 unspecified atom stereocenters. The molecule has 0 saturated heterocycles. The van der Waals surface area contributed by atoms with E-state index in [1.54, 1.807) is 29.2 Å². The fraction of sp³-hybridized carbons (Fsp3) is 0.160. The maximum absolute atomic E-state index is 9.85. The van der Waals surface area contributed by atoms with E-state index in [1.165, 1.54) is 0 Å². The van der Waals surface area contributed by atoms with Gasteiger partial charge in [-0.25, -0.2) is 15.0 Å². The van der Waals surface area contributed by atoms with Crippen LogP contribution in [0.1, 0.15) is 17.8 Å². The summed E-state index contributed by atoms with van der Waals surface area (Å²) in [6.07, 6.45) is 5.86. The monoisotopic (exact) mass is 509 g/mol. The molecule has 0 aliphatic heterocycles. The highest BCUT2D eigenvalue weighted by Crippen LogP contribution is 2.34. The summed E-state index contributed by atoms with van der Waals surface area (Å²) >= 11 is 6.48. The summed E-state index contributed by atoms with van der Waals surface area (Å²) in [6.45, 7) is 1.21. The number of pyridine rings is 1. The van der Waals surface area contributed by atoms with Crippen LogP contribution in [0.3, 0.4) is 0 Å². The molecule has 0 saturated carbocycles. The molecule has 0 spiro atoms. The van der Waals surface area contributed by atoms with Crippen molar-refractivity contribution in [3.8, 4) is 34.8 Å². The molecule has 0 fully saturated rings. The number of hydrogen-bond acceptors (Lipinski definition) is 9. The van der Waals surface area contributed by atoms with Crippen molar-refractivity contribution in [2.45, 2.75) is 6.42 Å². The van der Waals surface area contributed by atoms with Gasteiger partial charge in [-0.2, -0.15) is 20.7 Å². The molecule has 37 heavy (non-hydrogen) atoms. The van der Waals surface area contributed by atoms with Crippen LogP contribution in [0.2, 0.25) is 5.02 Å². The number of aromatic amines is 1. The predicted molar refractivity (Wildman–Crippen MR) is 140 cm³/mol. The van der Waals surface area contributed by atoms with Gasteiger partial charge in [-0.1, -0.05) is 11.6 Å². The van der Waals surface area contributed by atoms with Crippen molar-refractivity contribution in [1.82, 2.24) is 34.9 Å². The van der Waals surface area contributed by atoms with Crippen molar-refractivity contribution in [1.29, 1.82) is 10.5 Å². The Labute approximate surface area is 216 Å². The first-order chi connectivity index (χ1) is 18.1. The molecule has 0 aliphatic carbocycles. The number of rotatable bonds is 8. The highest BCUT2D eigenvalue weighted by atomic mass is 35.5. The molecule has 0 atom stereocenters. The molecule has 5 rings (SSSR count). The minimum atomic E-state index is 0.169. The third kappa shape index (κ3) is 5.03. The van der Waals surface area contributed by atoms with Crippen molar-refractivity contribution in [2.24, 2.45) is 7.05 Å². The van der Waals surface area contributed by atoms with Gasteiger partial charge in [0.05, 0.1) is 28.6 Å². The third-order valence-electron chi connectivity index (χ3n) is 5.59. The van der Waals surface area contributed by atoms with Gasteiger partial charge in [0.15, 0.2) is 11.5 Å². The lowest BCUT2D eigenvalue weighted by molar-refractivity contribution is 0.770. The quantitative estimate of drug-likeness (QED) is 0.261. The topological polar surface area (TPSA) is 157 Å². The molecule has 0 radical (unpaired) electrons. The van der Waals surface area contributed by atoms with E-state index in [0.717, 1.165) is 23.0 Å². The summed E-state index contributed by atoms with van der Waals surface area (Å²) in [5.41, 5.74) is 4.44. The Morgan fingerprint density at radius 3 is 2.62 bits per heavy atom. The number of aryl methyl sites for hydroxylation is 1. The van der Waals surface area contributed by atoms with E-state index in [-0.39, 0.29) is 5.69 Å². The van der Waals surface area contributed by atoms with Crippen LogP contribution in [0, 0.1) is 22.7 Å². The summed E-state index contributed by atoms with van der Waals surface area (Å²) in [5, 5.41) is 37.9. The molecule has 12 heteroatoms. The van der Waals surface area contributed by atoms with E-state index in [1.807, 2.05) is 37.5 Å². The van der Waals surface area contributed by atoms with Gasteiger partial charge in [-0.3, -0.25) is 9.78 Å². The van der Waals surface area contributed by atoms with Gasteiger partial charge < -0.3 is 10.6 Å². The highest BCUT2D eigenvalue weighted by Gasteiger charge is 2.20. The summed E-state index contributed by atoms with van der Waals surface area (Å²) in [6, 6.07) is 13.1. The SMILES string of the molecule is Cn1ccc(-c2nc(NCCCNc3ccc(C#N)nc3)c(C#N)nc2-c2cc(Cl)c3[nH]ncc3c2)n1. The van der Waals surface area contributed by atoms with Crippen LogP contribution < -0.4 is 10.6 Å². The Morgan fingerprint density at radius 1 is 1.03 bits per heavy atom. The number of H-pyrrole nitrogens is 1. The lowest BCUT2D eigenvalue weighted by atomic mass is 10.1. The average Bonchev–Trinajstić information content (AvgIpc) is 3.58. The highest BCUT2D eigenvalue weighted by molar-refractivity contribution is 6.35. The van der Waals surface area contributed by atoms with E-state index in [9.17, 15) is 5.26 Å². The molecule has 5 aromatic rings. The van der Waals surface area contributed by atoms with Crippen molar-refractivity contribution in [3.63, 3.8) is 0 Å². The normalized spacial score (nSPS) is 10.7. The minimum absolute atomic E-state index is 0.169. The number of nitrogens with zero attached hydrogens (tertiary/aromatic N) is 8. The van der Waals surface area contributed by atoms with Crippen LogP contribution in [-0.2, 0) is 7.05 Å². The molecule has 0 amide bonds. The second-order valence-corrected chi connectivity index (χ2v) is 8.56. The van der Waals surface area contributed by atoms with Gasteiger partial charge in [0.2, 0.25) is 0 Å². The summed E-state index contributed by atoms with van der Waals surface area (Å²) in [4.78, 5) is 13.5.